The molecule has 1 N–H and O–H groups in total. The first-order valence-electron chi connectivity index (χ1n) is 4.86. The van der Waals surface area contributed by atoms with Crippen LogP contribution in [-0.4, -0.2) is 11.2 Å². The van der Waals surface area contributed by atoms with Gasteiger partial charge in [-0.3, -0.25) is 0 Å². The molecule has 1 saturated carbocycles. The molecule has 0 saturated heterocycles. The molecule has 0 radical (unpaired) electrons. The molecule has 0 aromatic carbocycles. The molecule has 0 aromatic rings. The van der Waals surface area contributed by atoms with Gasteiger partial charge < -0.3 is 5.11 Å². The van der Waals surface area contributed by atoms with E-state index in [0.717, 1.165) is 24.7 Å². The van der Waals surface area contributed by atoms with Crippen molar-refractivity contribution in [3.05, 3.63) is 0 Å². The van der Waals surface area contributed by atoms with Gasteiger partial charge in [0.15, 0.2) is 0 Å². The lowest BCUT2D eigenvalue weighted by Gasteiger charge is -2.26. The monoisotopic (exact) mass is 156 g/mol. The van der Waals surface area contributed by atoms with Crippen molar-refractivity contribution in [1.82, 2.24) is 0 Å². The molecule has 1 nitrogen and oxygen atoms in total. The van der Waals surface area contributed by atoms with Crippen molar-refractivity contribution < 1.29 is 5.11 Å². The van der Waals surface area contributed by atoms with Gasteiger partial charge in [-0.25, -0.2) is 0 Å². The first-order chi connectivity index (χ1) is 5.18. The SMILES string of the molecule is CC(C)C[C@@H]1CCC[C@@H](O)C1. The molecule has 0 unspecified atom stereocenters. The van der Waals surface area contributed by atoms with E-state index in [-0.39, 0.29) is 6.10 Å². The van der Waals surface area contributed by atoms with Gasteiger partial charge in [-0.2, -0.15) is 0 Å². The predicted molar refractivity (Wildman–Crippen MR) is 47.4 cm³/mol. The molecule has 0 bridgehead atoms. The molecular formula is C10H20O. The van der Waals surface area contributed by atoms with Crippen LogP contribution in [0.2, 0.25) is 0 Å². The fourth-order valence-corrected chi connectivity index (χ4v) is 2.14. The maximum Gasteiger partial charge on any atom is 0.0542 e. The summed E-state index contributed by atoms with van der Waals surface area (Å²) in [6, 6.07) is 0. The van der Waals surface area contributed by atoms with Gasteiger partial charge in [-0.1, -0.05) is 26.7 Å². The number of rotatable bonds is 2. The summed E-state index contributed by atoms with van der Waals surface area (Å²) in [6.07, 6.45) is 5.98. The first-order valence-corrected chi connectivity index (χ1v) is 4.86. The lowest BCUT2D eigenvalue weighted by Crippen LogP contribution is -2.20. The quantitative estimate of drug-likeness (QED) is 0.651. The third-order valence-corrected chi connectivity index (χ3v) is 2.56. The van der Waals surface area contributed by atoms with Crippen LogP contribution in [0, 0.1) is 11.8 Å². The molecule has 1 rings (SSSR count). The lowest BCUT2D eigenvalue weighted by atomic mass is 9.82. The molecule has 0 heterocycles. The minimum atomic E-state index is 0.00694. The van der Waals surface area contributed by atoms with E-state index < -0.39 is 0 Å². The minimum absolute atomic E-state index is 0.00694. The second-order valence-electron chi connectivity index (χ2n) is 4.32. The number of aliphatic hydroxyl groups excluding tert-OH is 1. The molecular weight excluding hydrogens is 136 g/mol. The fourth-order valence-electron chi connectivity index (χ4n) is 2.14. The van der Waals surface area contributed by atoms with E-state index in [1.54, 1.807) is 0 Å². The average molecular weight is 156 g/mol. The zero-order chi connectivity index (χ0) is 8.27. The average Bonchev–Trinajstić information content (AvgIpc) is 1.85. The van der Waals surface area contributed by atoms with Crippen LogP contribution in [0.3, 0.4) is 0 Å². The molecule has 0 amide bonds. The van der Waals surface area contributed by atoms with Crippen molar-refractivity contribution >= 4 is 0 Å². The van der Waals surface area contributed by atoms with Crippen LogP contribution in [0.1, 0.15) is 46.0 Å². The van der Waals surface area contributed by atoms with Crippen LogP contribution in [0.5, 0.6) is 0 Å². The molecule has 1 aliphatic rings. The van der Waals surface area contributed by atoms with Crippen molar-refractivity contribution in [3.8, 4) is 0 Å². The number of hydrogen-bond donors (Lipinski definition) is 1. The maximum atomic E-state index is 9.39. The van der Waals surface area contributed by atoms with Crippen LogP contribution >= 0.6 is 0 Å². The molecule has 1 heteroatoms. The Morgan fingerprint density at radius 3 is 2.64 bits per heavy atom. The van der Waals surface area contributed by atoms with E-state index in [9.17, 15) is 5.11 Å². The Hall–Kier alpha value is -0.0400. The van der Waals surface area contributed by atoms with E-state index in [0.29, 0.717) is 0 Å². The third-order valence-electron chi connectivity index (χ3n) is 2.56. The van der Waals surface area contributed by atoms with E-state index in [4.69, 9.17) is 0 Å². The van der Waals surface area contributed by atoms with E-state index in [2.05, 4.69) is 13.8 Å². The minimum Gasteiger partial charge on any atom is -0.393 e. The van der Waals surface area contributed by atoms with Crippen LogP contribution in [0.4, 0.5) is 0 Å². The topological polar surface area (TPSA) is 20.2 Å². The molecule has 1 aliphatic carbocycles. The van der Waals surface area contributed by atoms with Crippen molar-refractivity contribution in [2.45, 2.75) is 52.1 Å². The van der Waals surface area contributed by atoms with Gasteiger partial charge in [0.2, 0.25) is 0 Å². The second kappa shape index (κ2) is 4.10. The summed E-state index contributed by atoms with van der Waals surface area (Å²) in [5, 5.41) is 9.39. The van der Waals surface area contributed by atoms with Crippen LogP contribution in [0.25, 0.3) is 0 Å². The highest BCUT2D eigenvalue weighted by Crippen LogP contribution is 2.28. The standard InChI is InChI=1S/C10H20O/c1-8(2)6-9-4-3-5-10(11)7-9/h8-11H,3-7H2,1-2H3/t9-,10+/m0/s1. The zero-order valence-electron chi connectivity index (χ0n) is 7.71. The summed E-state index contributed by atoms with van der Waals surface area (Å²) in [5.74, 6) is 1.60. The Kier molecular flexibility index (Phi) is 3.38. The summed E-state index contributed by atoms with van der Waals surface area (Å²) in [6.45, 7) is 4.53. The lowest BCUT2D eigenvalue weighted by molar-refractivity contribution is 0.0941. The van der Waals surface area contributed by atoms with Crippen molar-refractivity contribution in [2.75, 3.05) is 0 Å². The zero-order valence-corrected chi connectivity index (χ0v) is 7.71. The van der Waals surface area contributed by atoms with Gasteiger partial charge in [0, 0.05) is 0 Å². The van der Waals surface area contributed by atoms with Crippen molar-refractivity contribution in [3.63, 3.8) is 0 Å². The Morgan fingerprint density at radius 1 is 1.36 bits per heavy atom. The first kappa shape index (κ1) is 9.05. The molecule has 0 aromatic heterocycles. The Balaban J connectivity index is 2.23. The molecule has 0 aliphatic heterocycles. The van der Waals surface area contributed by atoms with E-state index >= 15 is 0 Å². The normalized spacial score (nSPS) is 32.7. The van der Waals surface area contributed by atoms with Gasteiger partial charge >= 0.3 is 0 Å². The molecule has 66 valence electrons. The van der Waals surface area contributed by atoms with Crippen LogP contribution < -0.4 is 0 Å². The number of hydrogen-bond acceptors (Lipinski definition) is 1. The van der Waals surface area contributed by atoms with Crippen molar-refractivity contribution in [1.29, 1.82) is 0 Å². The van der Waals surface area contributed by atoms with Crippen LogP contribution in [0.15, 0.2) is 0 Å². The van der Waals surface area contributed by atoms with E-state index in [1.807, 2.05) is 0 Å². The summed E-state index contributed by atoms with van der Waals surface area (Å²) in [7, 11) is 0. The molecule has 1 fully saturated rings. The van der Waals surface area contributed by atoms with Gasteiger partial charge in [-0.05, 0) is 31.1 Å². The second-order valence-corrected chi connectivity index (χ2v) is 4.32. The third kappa shape index (κ3) is 3.24. The largest absolute Gasteiger partial charge is 0.393 e. The summed E-state index contributed by atoms with van der Waals surface area (Å²) < 4.78 is 0. The smallest absolute Gasteiger partial charge is 0.0542 e. The molecule has 2 atom stereocenters. The highest BCUT2D eigenvalue weighted by molar-refractivity contribution is 4.72. The Bertz CT molecular complexity index is 107. The Morgan fingerprint density at radius 2 is 2.09 bits per heavy atom. The maximum absolute atomic E-state index is 9.39. The highest BCUT2D eigenvalue weighted by atomic mass is 16.3. The van der Waals surface area contributed by atoms with Gasteiger partial charge in [0.25, 0.3) is 0 Å². The van der Waals surface area contributed by atoms with Gasteiger partial charge in [0.1, 0.15) is 0 Å². The molecule has 11 heavy (non-hydrogen) atoms. The van der Waals surface area contributed by atoms with Gasteiger partial charge in [-0.15, -0.1) is 0 Å². The Labute approximate surface area is 69.8 Å². The van der Waals surface area contributed by atoms with E-state index in [1.165, 1.54) is 19.3 Å². The highest BCUT2D eigenvalue weighted by Gasteiger charge is 2.20. The molecule has 0 spiro atoms. The summed E-state index contributed by atoms with van der Waals surface area (Å²) >= 11 is 0. The van der Waals surface area contributed by atoms with Gasteiger partial charge in [0.05, 0.1) is 6.10 Å². The summed E-state index contributed by atoms with van der Waals surface area (Å²) in [5.41, 5.74) is 0. The number of aliphatic hydroxyl groups is 1. The van der Waals surface area contributed by atoms with Crippen molar-refractivity contribution in [2.24, 2.45) is 11.8 Å². The fraction of sp³-hybridized carbons (Fsp3) is 1.00. The predicted octanol–water partition coefficient (Wildman–Crippen LogP) is 2.58. The summed E-state index contributed by atoms with van der Waals surface area (Å²) in [4.78, 5) is 0. The van der Waals surface area contributed by atoms with Crippen LogP contribution in [-0.2, 0) is 0 Å².